The number of aromatic nitrogens is 2. The highest BCUT2D eigenvalue weighted by molar-refractivity contribution is 7.98. The Morgan fingerprint density at radius 2 is 2.18 bits per heavy atom. The minimum atomic E-state index is 0.142. The highest BCUT2D eigenvalue weighted by atomic mass is 32.2. The van der Waals surface area contributed by atoms with E-state index >= 15 is 0 Å². The van der Waals surface area contributed by atoms with Crippen LogP contribution in [0.15, 0.2) is 6.20 Å². The predicted molar refractivity (Wildman–Crippen MR) is 69.9 cm³/mol. The Morgan fingerprint density at radius 3 is 2.71 bits per heavy atom. The molecule has 1 heterocycles. The second-order valence-corrected chi connectivity index (χ2v) is 4.28. The monoisotopic (exact) mass is 257 g/mol. The molecule has 17 heavy (non-hydrogen) atoms. The van der Waals surface area contributed by atoms with Crippen LogP contribution in [0.2, 0.25) is 0 Å². The number of hydrogen-bond donors (Lipinski definition) is 1. The summed E-state index contributed by atoms with van der Waals surface area (Å²) in [6.45, 7) is 2.94. The molecule has 0 aliphatic carbocycles. The molecule has 0 saturated heterocycles. The van der Waals surface area contributed by atoms with Crippen LogP contribution in [0.5, 0.6) is 11.8 Å². The van der Waals surface area contributed by atoms with E-state index in [9.17, 15) is 0 Å². The van der Waals surface area contributed by atoms with Gasteiger partial charge in [0, 0.05) is 5.75 Å². The fourth-order valence-electron chi connectivity index (χ4n) is 1.50. The average molecular weight is 257 g/mol. The lowest BCUT2D eigenvalue weighted by atomic mass is 10.2. The first-order chi connectivity index (χ1) is 8.26. The molecular weight excluding hydrogens is 238 g/mol. The third-order valence-electron chi connectivity index (χ3n) is 2.26. The van der Waals surface area contributed by atoms with Crippen molar-refractivity contribution in [2.24, 2.45) is 0 Å². The van der Waals surface area contributed by atoms with Crippen molar-refractivity contribution in [1.82, 2.24) is 15.3 Å². The summed E-state index contributed by atoms with van der Waals surface area (Å²) >= 11 is 1.76. The Bertz CT molecular complexity index is 343. The highest BCUT2D eigenvalue weighted by Crippen LogP contribution is 2.25. The standard InChI is InChI=1S/C11H19N3O2S/c1-5-12-8(7-17-4)10-11(16-3)14-9(15-2)6-13-10/h6,8,12H,5,7H2,1-4H3. The van der Waals surface area contributed by atoms with Crippen molar-refractivity contribution in [3.63, 3.8) is 0 Å². The van der Waals surface area contributed by atoms with E-state index in [4.69, 9.17) is 9.47 Å². The Kier molecular flexibility index (Phi) is 6.07. The Labute approximate surface area is 106 Å². The molecule has 0 fully saturated rings. The van der Waals surface area contributed by atoms with Gasteiger partial charge < -0.3 is 14.8 Å². The molecule has 5 nitrogen and oxygen atoms in total. The maximum Gasteiger partial charge on any atom is 0.240 e. The molecule has 0 aliphatic heterocycles. The largest absolute Gasteiger partial charge is 0.480 e. The second kappa shape index (κ2) is 7.34. The van der Waals surface area contributed by atoms with Gasteiger partial charge in [0.05, 0.1) is 26.5 Å². The van der Waals surface area contributed by atoms with Gasteiger partial charge >= 0.3 is 0 Å². The van der Waals surface area contributed by atoms with E-state index in [2.05, 4.69) is 28.5 Å². The van der Waals surface area contributed by atoms with Gasteiger partial charge in [0.25, 0.3) is 0 Å². The van der Waals surface area contributed by atoms with E-state index in [-0.39, 0.29) is 6.04 Å². The lowest BCUT2D eigenvalue weighted by molar-refractivity contribution is 0.351. The summed E-state index contributed by atoms with van der Waals surface area (Å²) in [6, 6.07) is 0.142. The molecule has 1 aromatic heterocycles. The highest BCUT2D eigenvalue weighted by Gasteiger charge is 2.18. The maximum absolute atomic E-state index is 5.26. The predicted octanol–water partition coefficient (Wildman–Crippen LogP) is 1.51. The second-order valence-electron chi connectivity index (χ2n) is 3.37. The fraction of sp³-hybridized carbons (Fsp3) is 0.636. The van der Waals surface area contributed by atoms with E-state index in [0.29, 0.717) is 11.8 Å². The van der Waals surface area contributed by atoms with Crippen LogP contribution in [0.4, 0.5) is 0 Å². The van der Waals surface area contributed by atoms with E-state index in [1.54, 1.807) is 32.2 Å². The zero-order chi connectivity index (χ0) is 12.7. The first-order valence-corrected chi connectivity index (χ1v) is 6.83. The van der Waals surface area contributed by atoms with Crippen molar-refractivity contribution in [2.75, 3.05) is 32.8 Å². The molecule has 0 aliphatic rings. The Hall–Kier alpha value is -1.01. The third kappa shape index (κ3) is 3.74. The molecule has 1 unspecified atom stereocenters. The van der Waals surface area contributed by atoms with Crippen molar-refractivity contribution in [1.29, 1.82) is 0 Å². The van der Waals surface area contributed by atoms with E-state index < -0.39 is 0 Å². The topological polar surface area (TPSA) is 56.3 Å². The summed E-state index contributed by atoms with van der Waals surface area (Å²) in [6.07, 6.45) is 3.68. The van der Waals surface area contributed by atoms with Crippen molar-refractivity contribution >= 4 is 11.8 Å². The van der Waals surface area contributed by atoms with Crippen molar-refractivity contribution < 1.29 is 9.47 Å². The summed E-state index contributed by atoms with van der Waals surface area (Å²) in [4.78, 5) is 8.61. The minimum absolute atomic E-state index is 0.142. The molecule has 1 atom stereocenters. The fourth-order valence-corrected chi connectivity index (χ4v) is 2.11. The number of nitrogens with one attached hydrogen (secondary N) is 1. The number of nitrogens with zero attached hydrogens (tertiary/aromatic N) is 2. The van der Waals surface area contributed by atoms with Crippen LogP contribution in [0, 0.1) is 0 Å². The van der Waals surface area contributed by atoms with Gasteiger partial charge in [-0.25, -0.2) is 4.98 Å². The van der Waals surface area contributed by atoms with Crippen LogP contribution in [0.25, 0.3) is 0 Å². The van der Waals surface area contributed by atoms with Gasteiger partial charge in [0.2, 0.25) is 11.8 Å². The van der Waals surface area contributed by atoms with E-state index in [1.807, 2.05) is 0 Å². The number of rotatable bonds is 7. The van der Waals surface area contributed by atoms with Crippen LogP contribution in [0.3, 0.4) is 0 Å². The summed E-state index contributed by atoms with van der Waals surface area (Å²) in [5.41, 5.74) is 0.824. The normalized spacial score (nSPS) is 12.2. The van der Waals surface area contributed by atoms with Crippen LogP contribution >= 0.6 is 11.8 Å². The summed E-state index contributed by atoms with van der Waals surface area (Å²) in [7, 11) is 3.15. The molecule has 96 valence electrons. The van der Waals surface area contributed by atoms with Crippen molar-refractivity contribution in [2.45, 2.75) is 13.0 Å². The van der Waals surface area contributed by atoms with Crippen LogP contribution < -0.4 is 14.8 Å². The molecule has 0 amide bonds. The SMILES string of the molecule is CCNC(CSC)c1ncc(OC)nc1OC. The minimum Gasteiger partial charge on any atom is -0.480 e. The van der Waals surface area contributed by atoms with Gasteiger partial charge in [-0.15, -0.1) is 0 Å². The molecule has 0 radical (unpaired) electrons. The molecule has 0 saturated carbocycles. The maximum atomic E-state index is 5.26. The molecule has 0 spiro atoms. The summed E-state index contributed by atoms with van der Waals surface area (Å²) in [5.74, 6) is 1.90. The van der Waals surface area contributed by atoms with Gasteiger partial charge in [-0.1, -0.05) is 6.92 Å². The van der Waals surface area contributed by atoms with Crippen molar-refractivity contribution in [3.8, 4) is 11.8 Å². The van der Waals surface area contributed by atoms with Gasteiger partial charge in [0.1, 0.15) is 5.69 Å². The number of ether oxygens (including phenoxy) is 2. The van der Waals surface area contributed by atoms with Crippen LogP contribution in [0.1, 0.15) is 18.7 Å². The number of hydrogen-bond acceptors (Lipinski definition) is 6. The molecule has 1 N–H and O–H groups in total. The van der Waals surface area contributed by atoms with Gasteiger partial charge in [-0.2, -0.15) is 16.7 Å². The Balaban J connectivity index is 2.99. The van der Waals surface area contributed by atoms with Gasteiger partial charge in [-0.3, -0.25) is 0 Å². The quantitative estimate of drug-likeness (QED) is 0.799. The third-order valence-corrected chi connectivity index (χ3v) is 2.93. The lowest BCUT2D eigenvalue weighted by Gasteiger charge is -2.18. The van der Waals surface area contributed by atoms with Crippen LogP contribution in [-0.4, -0.2) is 42.7 Å². The lowest BCUT2D eigenvalue weighted by Crippen LogP contribution is -2.24. The first kappa shape index (κ1) is 14.1. The molecule has 6 heteroatoms. The smallest absolute Gasteiger partial charge is 0.240 e. The van der Waals surface area contributed by atoms with Crippen LogP contribution in [-0.2, 0) is 0 Å². The first-order valence-electron chi connectivity index (χ1n) is 5.44. The molecular formula is C11H19N3O2S. The zero-order valence-electron chi connectivity index (χ0n) is 10.7. The van der Waals surface area contributed by atoms with Crippen molar-refractivity contribution in [3.05, 3.63) is 11.9 Å². The number of thioether (sulfide) groups is 1. The molecule has 1 aromatic rings. The summed E-state index contributed by atoms with van der Waals surface area (Å²) < 4.78 is 10.3. The van der Waals surface area contributed by atoms with E-state index in [1.165, 1.54) is 0 Å². The number of methoxy groups -OCH3 is 2. The zero-order valence-corrected chi connectivity index (χ0v) is 11.5. The van der Waals surface area contributed by atoms with Gasteiger partial charge in [0.15, 0.2) is 0 Å². The average Bonchev–Trinajstić information content (AvgIpc) is 2.37. The summed E-state index contributed by atoms with van der Waals surface area (Å²) in [5, 5.41) is 3.37. The molecule has 0 bridgehead atoms. The molecule has 1 rings (SSSR count). The molecule has 0 aromatic carbocycles. The van der Waals surface area contributed by atoms with E-state index in [0.717, 1.165) is 18.0 Å². The Morgan fingerprint density at radius 1 is 1.41 bits per heavy atom. The van der Waals surface area contributed by atoms with Gasteiger partial charge in [-0.05, 0) is 12.8 Å².